The van der Waals surface area contributed by atoms with Crippen molar-refractivity contribution in [1.29, 1.82) is 0 Å². The van der Waals surface area contributed by atoms with E-state index in [2.05, 4.69) is 4.72 Å². The van der Waals surface area contributed by atoms with Crippen molar-refractivity contribution in [3.8, 4) is 0 Å². The monoisotopic (exact) mass is 281 g/mol. The Bertz CT molecular complexity index is 350. The number of aliphatic carboxylic acids is 1. The lowest BCUT2D eigenvalue weighted by molar-refractivity contribution is -0.142. The Balaban J connectivity index is 4.20. The predicted octanol–water partition coefficient (Wildman–Crippen LogP) is 0.688. The van der Waals surface area contributed by atoms with E-state index in [0.29, 0.717) is 0 Å². The molecule has 0 radical (unpaired) electrons. The van der Waals surface area contributed by atoms with E-state index in [1.54, 1.807) is 13.8 Å². The van der Waals surface area contributed by atoms with Gasteiger partial charge in [0, 0.05) is 6.54 Å². The lowest BCUT2D eigenvalue weighted by atomic mass is 9.97. The van der Waals surface area contributed by atoms with E-state index < -0.39 is 21.9 Å². The molecule has 108 valence electrons. The molecule has 1 atom stereocenters. The second-order valence-corrected chi connectivity index (χ2v) is 6.70. The summed E-state index contributed by atoms with van der Waals surface area (Å²) in [6.07, 6.45) is -0.0253. The second kappa shape index (κ2) is 7.70. The Hall–Kier alpha value is -0.660. The third-order valence-electron chi connectivity index (χ3n) is 2.45. The second-order valence-electron chi connectivity index (χ2n) is 4.78. The van der Waals surface area contributed by atoms with Crippen molar-refractivity contribution in [2.75, 3.05) is 18.9 Å². The summed E-state index contributed by atoms with van der Waals surface area (Å²) in [6, 6.07) is 0. The number of sulfonamides is 1. The van der Waals surface area contributed by atoms with Gasteiger partial charge >= 0.3 is 5.97 Å². The molecular formula is C11H23NO5S. The van der Waals surface area contributed by atoms with Crippen LogP contribution in [0, 0.1) is 11.8 Å². The summed E-state index contributed by atoms with van der Waals surface area (Å²) in [5.41, 5.74) is 0. The van der Waals surface area contributed by atoms with Crippen LogP contribution in [-0.4, -0.2) is 44.5 Å². The van der Waals surface area contributed by atoms with Gasteiger partial charge in [0.05, 0.1) is 24.4 Å². The molecule has 0 saturated heterocycles. The third kappa shape index (κ3) is 7.62. The summed E-state index contributed by atoms with van der Waals surface area (Å²) in [5.74, 6) is -2.00. The van der Waals surface area contributed by atoms with Crippen molar-refractivity contribution in [3.05, 3.63) is 0 Å². The SMILES string of the molecule is CC(C)OCCS(=O)(=O)NCC(C(=O)O)C(C)C. The molecule has 2 N–H and O–H groups in total. The molecular weight excluding hydrogens is 258 g/mol. The van der Waals surface area contributed by atoms with Gasteiger partial charge in [0.25, 0.3) is 0 Å². The first-order valence-corrected chi connectivity index (χ1v) is 7.62. The van der Waals surface area contributed by atoms with Crippen LogP contribution in [0.4, 0.5) is 0 Å². The molecule has 0 bridgehead atoms. The number of nitrogens with one attached hydrogen (secondary N) is 1. The van der Waals surface area contributed by atoms with E-state index in [-0.39, 0.29) is 30.9 Å². The lowest BCUT2D eigenvalue weighted by Crippen LogP contribution is -2.37. The fourth-order valence-corrected chi connectivity index (χ4v) is 2.18. The number of carboxylic acid groups (broad SMARTS) is 1. The zero-order valence-corrected chi connectivity index (χ0v) is 12.2. The number of ether oxygens (including phenoxy) is 1. The van der Waals surface area contributed by atoms with Gasteiger partial charge in [0.15, 0.2) is 0 Å². The van der Waals surface area contributed by atoms with E-state index >= 15 is 0 Å². The van der Waals surface area contributed by atoms with Crippen LogP contribution < -0.4 is 4.72 Å². The highest BCUT2D eigenvalue weighted by Gasteiger charge is 2.23. The quantitative estimate of drug-likeness (QED) is 0.648. The van der Waals surface area contributed by atoms with Gasteiger partial charge in [0.2, 0.25) is 10.0 Å². The van der Waals surface area contributed by atoms with Crippen molar-refractivity contribution < 1.29 is 23.1 Å². The van der Waals surface area contributed by atoms with Crippen LogP contribution in [0.25, 0.3) is 0 Å². The van der Waals surface area contributed by atoms with E-state index in [1.165, 1.54) is 0 Å². The molecule has 0 aliphatic heterocycles. The average Bonchev–Trinajstić information content (AvgIpc) is 2.14. The first-order chi connectivity index (χ1) is 8.15. The highest BCUT2D eigenvalue weighted by atomic mass is 32.2. The summed E-state index contributed by atoms with van der Waals surface area (Å²) in [4.78, 5) is 10.9. The van der Waals surface area contributed by atoms with Gasteiger partial charge in [0.1, 0.15) is 0 Å². The minimum atomic E-state index is -3.48. The number of carbonyl (C=O) groups is 1. The van der Waals surface area contributed by atoms with Crippen LogP contribution in [0.1, 0.15) is 27.7 Å². The van der Waals surface area contributed by atoms with Gasteiger partial charge < -0.3 is 9.84 Å². The highest BCUT2D eigenvalue weighted by Crippen LogP contribution is 2.10. The van der Waals surface area contributed by atoms with Crippen LogP contribution in [0.3, 0.4) is 0 Å². The van der Waals surface area contributed by atoms with E-state index in [0.717, 1.165) is 0 Å². The van der Waals surface area contributed by atoms with Crippen LogP contribution >= 0.6 is 0 Å². The molecule has 6 nitrogen and oxygen atoms in total. The van der Waals surface area contributed by atoms with Gasteiger partial charge in [-0.1, -0.05) is 13.8 Å². The number of hydrogen-bond acceptors (Lipinski definition) is 4. The molecule has 0 aromatic carbocycles. The van der Waals surface area contributed by atoms with Crippen LogP contribution in [-0.2, 0) is 19.6 Å². The van der Waals surface area contributed by atoms with Gasteiger partial charge in [-0.25, -0.2) is 13.1 Å². The zero-order chi connectivity index (χ0) is 14.3. The van der Waals surface area contributed by atoms with Crippen molar-refractivity contribution >= 4 is 16.0 Å². The van der Waals surface area contributed by atoms with E-state index in [4.69, 9.17) is 9.84 Å². The number of rotatable bonds is 9. The maximum absolute atomic E-state index is 11.6. The summed E-state index contributed by atoms with van der Waals surface area (Å²) in [5, 5.41) is 8.93. The highest BCUT2D eigenvalue weighted by molar-refractivity contribution is 7.89. The van der Waals surface area contributed by atoms with Crippen molar-refractivity contribution in [3.63, 3.8) is 0 Å². The molecule has 0 spiro atoms. The van der Waals surface area contributed by atoms with Crippen molar-refractivity contribution in [2.24, 2.45) is 11.8 Å². The minimum absolute atomic E-state index is 0.0253. The number of carboxylic acids is 1. The Kier molecular flexibility index (Phi) is 7.42. The maximum Gasteiger partial charge on any atom is 0.308 e. The zero-order valence-electron chi connectivity index (χ0n) is 11.3. The average molecular weight is 281 g/mol. The molecule has 18 heavy (non-hydrogen) atoms. The van der Waals surface area contributed by atoms with E-state index in [9.17, 15) is 13.2 Å². The molecule has 0 aliphatic rings. The molecule has 0 saturated carbocycles. The first kappa shape index (κ1) is 17.3. The summed E-state index contributed by atoms with van der Waals surface area (Å²) < 4.78 is 30.6. The fourth-order valence-electron chi connectivity index (χ4n) is 1.29. The maximum atomic E-state index is 11.6. The predicted molar refractivity (Wildman–Crippen MR) is 68.8 cm³/mol. The Morgan fingerprint density at radius 1 is 1.28 bits per heavy atom. The first-order valence-electron chi connectivity index (χ1n) is 5.97. The van der Waals surface area contributed by atoms with Crippen molar-refractivity contribution in [1.82, 2.24) is 4.72 Å². The molecule has 0 aromatic rings. The van der Waals surface area contributed by atoms with E-state index in [1.807, 2.05) is 13.8 Å². The molecule has 0 fully saturated rings. The van der Waals surface area contributed by atoms with Gasteiger partial charge in [-0.2, -0.15) is 0 Å². The Morgan fingerprint density at radius 2 is 1.83 bits per heavy atom. The number of hydrogen-bond donors (Lipinski definition) is 2. The van der Waals surface area contributed by atoms with Crippen LogP contribution in [0.5, 0.6) is 0 Å². The molecule has 0 rings (SSSR count). The molecule has 0 aliphatic carbocycles. The Morgan fingerprint density at radius 3 is 2.22 bits per heavy atom. The van der Waals surface area contributed by atoms with Gasteiger partial charge in [-0.15, -0.1) is 0 Å². The van der Waals surface area contributed by atoms with Crippen LogP contribution in [0.15, 0.2) is 0 Å². The lowest BCUT2D eigenvalue weighted by Gasteiger charge is -2.17. The summed E-state index contributed by atoms with van der Waals surface area (Å²) >= 11 is 0. The smallest absolute Gasteiger partial charge is 0.308 e. The fraction of sp³-hybridized carbons (Fsp3) is 0.909. The molecule has 7 heteroatoms. The third-order valence-corrected chi connectivity index (χ3v) is 3.76. The standard InChI is InChI=1S/C11H23NO5S/c1-8(2)10(11(13)14)7-12-18(15,16)6-5-17-9(3)4/h8-10,12H,5-7H2,1-4H3,(H,13,14). The van der Waals surface area contributed by atoms with Gasteiger partial charge in [-0.3, -0.25) is 4.79 Å². The topological polar surface area (TPSA) is 92.7 Å². The minimum Gasteiger partial charge on any atom is -0.481 e. The molecule has 0 amide bonds. The van der Waals surface area contributed by atoms with Crippen molar-refractivity contribution in [2.45, 2.75) is 33.8 Å². The molecule has 0 aromatic heterocycles. The molecule has 1 unspecified atom stereocenters. The largest absolute Gasteiger partial charge is 0.481 e. The molecule has 0 heterocycles. The van der Waals surface area contributed by atoms with Gasteiger partial charge in [-0.05, 0) is 19.8 Å². The normalized spacial score (nSPS) is 14.1. The van der Waals surface area contributed by atoms with Crippen LogP contribution in [0.2, 0.25) is 0 Å². The Labute approximate surface area is 109 Å². The summed E-state index contributed by atoms with van der Waals surface area (Å²) in [7, 11) is -3.48. The summed E-state index contributed by atoms with van der Waals surface area (Å²) in [6.45, 7) is 7.14.